The first kappa shape index (κ1) is 21.5. The summed E-state index contributed by atoms with van der Waals surface area (Å²) in [5.74, 6) is -0.299. The minimum absolute atomic E-state index is 0.246. The molecule has 1 aromatic heterocycles. The smallest absolute Gasteiger partial charge is 0.353 e. The number of nitrogens with zero attached hydrogens (tertiary/aromatic N) is 3. The molecule has 0 aliphatic heterocycles. The molecule has 0 fully saturated rings. The van der Waals surface area contributed by atoms with Crippen LogP contribution >= 0.6 is 0 Å². The van der Waals surface area contributed by atoms with Crippen molar-refractivity contribution in [2.24, 2.45) is 0 Å². The fourth-order valence-corrected chi connectivity index (χ4v) is 2.93. The molecular formula is C20H23F3N4O. The van der Waals surface area contributed by atoms with E-state index in [-0.39, 0.29) is 12.5 Å². The maximum absolute atomic E-state index is 12.2. The van der Waals surface area contributed by atoms with Crippen LogP contribution in [0.1, 0.15) is 18.4 Å². The molecule has 2 aromatic rings. The van der Waals surface area contributed by atoms with Gasteiger partial charge in [-0.2, -0.15) is 18.4 Å². The molecular weight excluding hydrogens is 369 g/mol. The fourth-order valence-electron chi connectivity index (χ4n) is 2.93. The molecule has 1 N–H and O–H groups in total. The minimum Gasteiger partial charge on any atom is -0.353 e. The Morgan fingerprint density at radius 1 is 1.36 bits per heavy atom. The predicted octanol–water partition coefficient (Wildman–Crippen LogP) is 3.57. The second-order valence-corrected chi connectivity index (χ2v) is 6.53. The SMILES string of the molecule is CN(CCCNC(=O)/C=C/c1cn(CCC#N)c2ccccc12)CC(F)(F)F. The van der Waals surface area contributed by atoms with Gasteiger partial charge in [-0.05, 0) is 32.2 Å². The molecule has 1 aromatic carbocycles. The summed E-state index contributed by atoms with van der Waals surface area (Å²) in [6, 6.07) is 9.86. The van der Waals surface area contributed by atoms with Crippen LogP contribution in [0, 0.1) is 11.3 Å². The second kappa shape index (κ2) is 9.95. The van der Waals surface area contributed by atoms with Crippen molar-refractivity contribution in [2.75, 3.05) is 26.7 Å². The van der Waals surface area contributed by atoms with E-state index in [1.807, 2.05) is 35.0 Å². The molecule has 0 saturated carbocycles. The average Bonchev–Trinajstić information content (AvgIpc) is 2.98. The molecule has 0 radical (unpaired) electrons. The van der Waals surface area contributed by atoms with Gasteiger partial charge in [0.25, 0.3) is 0 Å². The molecule has 0 aliphatic carbocycles. The van der Waals surface area contributed by atoms with Gasteiger partial charge in [0.15, 0.2) is 0 Å². The summed E-state index contributed by atoms with van der Waals surface area (Å²) < 4.78 is 38.7. The number of aromatic nitrogens is 1. The molecule has 0 spiro atoms. The third-order valence-electron chi connectivity index (χ3n) is 4.16. The lowest BCUT2D eigenvalue weighted by molar-refractivity contribution is -0.143. The largest absolute Gasteiger partial charge is 0.401 e. The molecule has 0 atom stereocenters. The summed E-state index contributed by atoms with van der Waals surface area (Å²) in [7, 11) is 1.40. The third kappa shape index (κ3) is 6.74. The van der Waals surface area contributed by atoms with E-state index in [9.17, 15) is 18.0 Å². The lowest BCUT2D eigenvalue weighted by Gasteiger charge is -2.18. The number of halogens is 3. The zero-order chi connectivity index (χ0) is 20.6. The van der Waals surface area contributed by atoms with Crippen LogP contribution in [0.5, 0.6) is 0 Å². The van der Waals surface area contributed by atoms with Crippen LogP contribution < -0.4 is 5.32 Å². The highest BCUT2D eigenvalue weighted by atomic mass is 19.4. The summed E-state index contributed by atoms with van der Waals surface area (Å²) in [5, 5.41) is 12.4. The predicted molar refractivity (Wildman–Crippen MR) is 102 cm³/mol. The van der Waals surface area contributed by atoms with Crippen molar-refractivity contribution < 1.29 is 18.0 Å². The van der Waals surface area contributed by atoms with Crippen LogP contribution in [0.4, 0.5) is 13.2 Å². The Balaban J connectivity index is 1.88. The van der Waals surface area contributed by atoms with Crippen LogP contribution in [0.25, 0.3) is 17.0 Å². The minimum atomic E-state index is -4.22. The first-order valence-electron chi connectivity index (χ1n) is 8.96. The van der Waals surface area contributed by atoms with E-state index < -0.39 is 12.7 Å². The number of rotatable bonds is 9. The van der Waals surface area contributed by atoms with Gasteiger partial charge >= 0.3 is 6.18 Å². The molecule has 1 heterocycles. The van der Waals surface area contributed by atoms with Gasteiger partial charge in [0.1, 0.15) is 0 Å². The van der Waals surface area contributed by atoms with Crippen molar-refractivity contribution >= 4 is 22.9 Å². The van der Waals surface area contributed by atoms with Gasteiger partial charge in [-0.1, -0.05) is 18.2 Å². The highest BCUT2D eigenvalue weighted by Crippen LogP contribution is 2.22. The number of benzene rings is 1. The molecule has 8 heteroatoms. The van der Waals surface area contributed by atoms with Crippen LogP contribution in [0.2, 0.25) is 0 Å². The molecule has 28 heavy (non-hydrogen) atoms. The normalized spacial score (nSPS) is 12.0. The van der Waals surface area contributed by atoms with E-state index in [0.717, 1.165) is 16.5 Å². The Bertz CT molecular complexity index is 864. The van der Waals surface area contributed by atoms with Crippen molar-refractivity contribution in [3.05, 3.63) is 42.1 Å². The van der Waals surface area contributed by atoms with E-state index in [4.69, 9.17) is 5.26 Å². The number of carbonyl (C=O) groups excluding carboxylic acids is 1. The molecule has 5 nitrogen and oxygen atoms in total. The molecule has 0 bridgehead atoms. The monoisotopic (exact) mass is 392 g/mol. The summed E-state index contributed by atoms with van der Waals surface area (Å²) in [5.41, 5.74) is 1.86. The van der Waals surface area contributed by atoms with Crippen LogP contribution in [0.3, 0.4) is 0 Å². The molecule has 150 valence electrons. The fraction of sp³-hybridized carbons (Fsp3) is 0.400. The molecule has 2 rings (SSSR count). The van der Waals surface area contributed by atoms with E-state index in [1.54, 1.807) is 6.08 Å². The average molecular weight is 392 g/mol. The third-order valence-corrected chi connectivity index (χ3v) is 4.16. The molecule has 0 unspecified atom stereocenters. The van der Waals surface area contributed by atoms with E-state index >= 15 is 0 Å². The number of para-hydroxylation sites is 1. The van der Waals surface area contributed by atoms with Gasteiger partial charge in [0.05, 0.1) is 19.0 Å². The Labute approximate surface area is 162 Å². The summed E-state index contributed by atoms with van der Waals surface area (Å²) in [6.07, 6.45) is 1.63. The number of hydrogen-bond donors (Lipinski definition) is 1. The van der Waals surface area contributed by atoms with E-state index in [2.05, 4.69) is 11.4 Å². The summed E-state index contributed by atoms with van der Waals surface area (Å²) in [6.45, 7) is 0.157. The van der Waals surface area contributed by atoms with Crippen molar-refractivity contribution in [2.45, 2.75) is 25.6 Å². The van der Waals surface area contributed by atoms with Gasteiger partial charge in [-0.3, -0.25) is 9.69 Å². The van der Waals surface area contributed by atoms with Crippen molar-refractivity contribution in [1.82, 2.24) is 14.8 Å². The van der Waals surface area contributed by atoms with Gasteiger partial charge in [0.2, 0.25) is 5.91 Å². The molecule has 0 saturated heterocycles. The maximum atomic E-state index is 12.2. The van der Waals surface area contributed by atoms with Crippen LogP contribution in [-0.4, -0.2) is 48.2 Å². The number of fused-ring (bicyclic) bond motifs is 1. The Kier molecular flexibility index (Phi) is 7.64. The number of amides is 1. The van der Waals surface area contributed by atoms with Gasteiger partial charge in [-0.25, -0.2) is 0 Å². The maximum Gasteiger partial charge on any atom is 0.401 e. The highest BCUT2D eigenvalue weighted by Gasteiger charge is 2.28. The standard InChI is InChI=1S/C20H23F3N4O/c1-26(15-20(21,22)23)12-5-11-25-19(28)9-8-16-14-27(13-4-10-24)18-7-3-2-6-17(16)18/h2-3,6-9,14H,4-5,11-13,15H2,1H3,(H,25,28)/b9-8+. The number of aryl methyl sites for hydroxylation is 1. The number of nitrogens with one attached hydrogen (secondary N) is 1. The Morgan fingerprint density at radius 3 is 2.82 bits per heavy atom. The first-order chi connectivity index (χ1) is 13.3. The number of hydrogen-bond acceptors (Lipinski definition) is 3. The van der Waals surface area contributed by atoms with Crippen molar-refractivity contribution in [3.8, 4) is 6.07 Å². The summed E-state index contributed by atoms with van der Waals surface area (Å²) in [4.78, 5) is 13.1. The second-order valence-electron chi connectivity index (χ2n) is 6.53. The zero-order valence-corrected chi connectivity index (χ0v) is 15.7. The van der Waals surface area contributed by atoms with Gasteiger partial charge < -0.3 is 9.88 Å². The Morgan fingerprint density at radius 2 is 2.11 bits per heavy atom. The Hall–Kier alpha value is -2.79. The van der Waals surface area contributed by atoms with E-state index in [0.29, 0.717) is 25.9 Å². The quantitative estimate of drug-likeness (QED) is 0.524. The molecule has 0 aliphatic rings. The lowest BCUT2D eigenvalue weighted by Crippen LogP contribution is -2.33. The first-order valence-corrected chi connectivity index (χ1v) is 8.96. The van der Waals surface area contributed by atoms with Gasteiger partial charge in [0, 0.05) is 41.8 Å². The van der Waals surface area contributed by atoms with Crippen LogP contribution in [-0.2, 0) is 11.3 Å². The van der Waals surface area contributed by atoms with Crippen molar-refractivity contribution in [1.29, 1.82) is 5.26 Å². The highest BCUT2D eigenvalue weighted by molar-refractivity contribution is 5.96. The lowest BCUT2D eigenvalue weighted by atomic mass is 10.1. The number of nitriles is 1. The topological polar surface area (TPSA) is 61.1 Å². The van der Waals surface area contributed by atoms with E-state index in [1.165, 1.54) is 18.0 Å². The van der Waals surface area contributed by atoms with Crippen molar-refractivity contribution in [3.63, 3.8) is 0 Å². The zero-order valence-electron chi connectivity index (χ0n) is 15.7. The summed E-state index contributed by atoms with van der Waals surface area (Å²) >= 11 is 0. The van der Waals surface area contributed by atoms with Crippen LogP contribution in [0.15, 0.2) is 36.5 Å². The molecule has 1 amide bonds. The van der Waals surface area contributed by atoms with Gasteiger partial charge in [-0.15, -0.1) is 0 Å². The number of alkyl halides is 3. The number of carbonyl (C=O) groups is 1.